The number of amides is 1. The predicted octanol–water partition coefficient (Wildman–Crippen LogP) is 3.07. The van der Waals surface area contributed by atoms with Crippen molar-refractivity contribution < 1.29 is 49.0 Å². The van der Waals surface area contributed by atoms with Crippen molar-refractivity contribution >= 4 is 23.3 Å². The number of ether oxygens (including phenoxy) is 3. The van der Waals surface area contributed by atoms with Gasteiger partial charge in [0.2, 0.25) is 0 Å². The molecule has 0 spiro atoms. The number of para-hydroxylation sites is 1. The third-order valence-electron chi connectivity index (χ3n) is 8.93. The molecule has 3 aliphatic rings. The Kier molecular flexibility index (Phi) is 7.88. The van der Waals surface area contributed by atoms with E-state index in [1.54, 1.807) is 49.4 Å². The molecule has 2 aliphatic carbocycles. The van der Waals surface area contributed by atoms with Crippen molar-refractivity contribution in [1.29, 1.82) is 0 Å². The molecule has 0 aromatic heterocycles. The van der Waals surface area contributed by atoms with Crippen LogP contribution in [0.15, 0.2) is 54.6 Å². The van der Waals surface area contributed by atoms with Crippen molar-refractivity contribution in [1.82, 2.24) is 0 Å². The number of ketones is 2. The van der Waals surface area contributed by atoms with Gasteiger partial charge in [0.15, 0.2) is 17.9 Å². The van der Waals surface area contributed by atoms with Gasteiger partial charge in [-0.3, -0.25) is 14.9 Å². The van der Waals surface area contributed by atoms with Crippen LogP contribution >= 0.6 is 0 Å². The van der Waals surface area contributed by atoms with Crippen LogP contribution in [0.5, 0.6) is 11.5 Å². The zero-order valence-electron chi connectivity index (χ0n) is 24.6. The summed E-state index contributed by atoms with van der Waals surface area (Å²) in [6, 6.07) is 13.9. The molecule has 0 unspecified atom stereocenters. The standard InChI is InChI=1S/C33H34N2O10/c1-15-27(36)21(34)12-23(43-15)45-22-14-33(42,16(2)44-32(41)35-17-8-4-3-5-9-17)13-20-24(22)31(40)26-25(30(20)39)28(37)18-10-6-7-11-19(18)29(26)38/h3-11,15-16,21-23,27,36,39-40,42H,12-14,34H2,1-2H3,(H,35,41)/t15-,16+,21-,22-,23-,27+,33-/m0/s1. The van der Waals surface area contributed by atoms with Gasteiger partial charge in [0.25, 0.3) is 0 Å². The van der Waals surface area contributed by atoms with Gasteiger partial charge in [-0.25, -0.2) is 4.79 Å². The molecule has 6 rings (SSSR count). The van der Waals surface area contributed by atoms with Gasteiger partial charge in [0, 0.05) is 53.2 Å². The Labute approximate surface area is 258 Å². The first-order valence-electron chi connectivity index (χ1n) is 14.7. The summed E-state index contributed by atoms with van der Waals surface area (Å²) in [4.78, 5) is 39.9. The van der Waals surface area contributed by atoms with E-state index in [4.69, 9.17) is 19.9 Å². The van der Waals surface area contributed by atoms with Gasteiger partial charge in [-0.05, 0) is 26.0 Å². The Hall–Kier alpha value is -4.33. The van der Waals surface area contributed by atoms with E-state index in [-0.39, 0.29) is 52.6 Å². The number of nitrogens with one attached hydrogen (secondary N) is 1. The monoisotopic (exact) mass is 618 g/mol. The molecule has 1 fully saturated rings. The number of aliphatic hydroxyl groups is 2. The van der Waals surface area contributed by atoms with Crippen molar-refractivity contribution in [3.63, 3.8) is 0 Å². The smallest absolute Gasteiger partial charge is 0.411 e. The van der Waals surface area contributed by atoms with Crippen molar-refractivity contribution in [2.24, 2.45) is 5.73 Å². The second kappa shape index (κ2) is 11.5. The minimum absolute atomic E-state index is 0.00617. The Morgan fingerprint density at radius 3 is 2.24 bits per heavy atom. The van der Waals surface area contributed by atoms with Crippen molar-refractivity contribution in [2.45, 2.75) is 75.5 Å². The summed E-state index contributed by atoms with van der Waals surface area (Å²) in [7, 11) is 0. The van der Waals surface area contributed by atoms with Crippen LogP contribution in [0.1, 0.15) is 75.8 Å². The Balaban J connectivity index is 1.41. The summed E-state index contributed by atoms with van der Waals surface area (Å²) in [5, 5.41) is 48.1. The zero-order chi connectivity index (χ0) is 32.2. The van der Waals surface area contributed by atoms with Crippen molar-refractivity contribution in [2.75, 3.05) is 5.32 Å². The molecule has 12 nitrogen and oxygen atoms in total. The lowest BCUT2D eigenvalue weighted by molar-refractivity contribution is -0.250. The highest BCUT2D eigenvalue weighted by Gasteiger charge is 2.50. The van der Waals surface area contributed by atoms with Crippen LogP contribution in [0.25, 0.3) is 0 Å². The Bertz CT molecular complexity index is 1670. The fourth-order valence-electron chi connectivity index (χ4n) is 6.43. The molecule has 12 heteroatoms. The van der Waals surface area contributed by atoms with Crippen LogP contribution in [0.3, 0.4) is 0 Å². The molecule has 0 saturated carbocycles. The molecular formula is C33H34N2O10. The first-order valence-corrected chi connectivity index (χ1v) is 14.7. The number of phenolic OH excluding ortho intramolecular Hbond substituents is 2. The molecule has 7 N–H and O–H groups in total. The summed E-state index contributed by atoms with van der Waals surface area (Å²) < 4.78 is 17.6. The van der Waals surface area contributed by atoms with E-state index in [0.717, 1.165) is 0 Å². The number of nitrogens with two attached hydrogens (primary N) is 1. The zero-order valence-corrected chi connectivity index (χ0v) is 24.6. The minimum Gasteiger partial charge on any atom is -0.507 e. The number of hydrogen-bond donors (Lipinski definition) is 6. The number of aromatic hydroxyl groups is 2. The summed E-state index contributed by atoms with van der Waals surface area (Å²) in [6.07, 6.45) is -6.49. The highest BCUT2D eigenvalue weighted by Crippen LogP contribution is 2.52. The molecule has 7 atom stereocenters. The van der Waals surface area contributed by atoms with E-state index in [2.05, 4.69) is 5.32 Å². The second-order valence-corrected chi connectivity index (χ2v) is 11.9. The molecule has 45 heavy (non-hydrogen) atoms. The van der Waals surface area contributed by atoms with E-state index >= 15 is 0 Å². The lowest BCUT2D eigenvalue weighted by Gasteiger charge is -2.44. The van der Waals surface area contributed by atoms with Gasteiger partial charge in [0.05, 0.1) is 29.4 Å². The van der Waals surface area contributed by atoms with E-state index in [9.17, 15) is 34.8 Å². The van der Waals surface area contributed by atoms with E-state index in [1.807, 2.05) is 0 Å². The van der Waals surface area contributed by atoms with Gasteiger partial charge in [-0.2, -0.15) is 0 Å². The SMILES string of the molecule is C[C@@H]1O[C@@H](O[C@H]2C[C@](O)([C@@H](C)OC(=O)Nc3ccccc3)Cc3c(O)c4c(c(O)c32)C(=O)c2ccccc2C4=O)C[C@H](N)[C@@H]1O. The van der Waals surface area contributed by atoms with Crippen LogP contribution < -0.4 is 11.1 Å². The first-order chi connectivity index (χ1) is 21.4. The number of fused-ring (bicyclic) bond motifs is 3. The Morgan fingerprint density at radius 2 is 1.62 bits per heavy atom. The number of aliphatic hydroxyl groups excluding tert-OH is 1. The summed E-state index contributed by atoms with van der Waals surface area (Å²) >= 11 is 0. The molecule has 1 aliphatic heterocycles. The quantitative estimate of drug-likeness (QED) is 0.180. The van der Waals surface area contributed by atoms with Crippen LogP contribution in [-0.2, 0) is 20.6 Å². The highest BCUT2D eigenvalue weighted by molar-refractivity contribution is 6.30. The third-order valence-corrected chi connectivity index (χ3v) is 8.93. The minimum atomic E-state index is -1.88. The maximum Gasteiger partial charge on any atom is 0.411 e. The fourth-order valence-corrected chi connectivity index (χ4v) is 6.43. The van der Waals surface area contributed by atoms with Crippen LogP contribution in [0, 0.1) is 0 Å². The molecular weight excluding hydrogens is 584 g/mol. The number of anilines is 1. The van der Waals surface area contributed by atoms with E-state index in [0.29, 0.717) is 5.69 Å². The number of benzene rings is 3. The summed E-state index contributed by atoms with van der Waals surface area (Å²) in [5.41, 5.74) is 4.02. The van der Waals surface area contributed by atoms with Gasteiger partial charge in [0.1, 0.15) is 23.2 Å². The van der Waals surface area contributed by atoms with E-state index < -0.39 is 71.5 Å². The molecule has 236 valence electrons. The molecule has 0 radical (unpaired) electrons. The number of rotatable bonds is 5. The number of carbonyl (C=O) groups excluding carboxylic acids is 3. The average Bonchev–Trinajstić information content (AvgIpc) is 3.00. The van der Waals surface area contributed by atoms with Crippen LogP contribution in [-0.4, -0.2) is 74.3 Å². The fraction of sp³-hybridized carbons (Fsp3) is 0.364. The lowest BCUT2D eigenvalue weighted by Crippen LogP contribution is -2.53. The maximum absolute atomic E-state index is 13.6. The van der Waals surface area contributed by atoms with Crippen LogP contribution in [0.2, 0.25) is 0 Å². The number of carbonyl (C=O) groups is 3. The van der Waals surface area contributed by atoms with Crippen molar-refractivity contribution in [3.8, 4) is 11.5 Å². The third kappa shape index (κ3) is 5.34. The summed E-state index contributed by atoms with van der Waals surface area (Å²) in [6.45, 7) is 3.09. The van der Waals surface area contributed by atoms with Crippen molar-refractivity contribution in [3.05, 3.63) is 88.0 Å². The van der Waals surface area contributed by atoms with E-state index in [1.165, 1.54) is 19.1 Å². The Morgan fingerprint density at radius 1 is 1.02 bits per heavy atom. The lowest BCUT2D eigenvalue weighted by atomic mass is 9.71. The molecule has 1 heterocycles. The number of phenols is 2. The first kappa shape index (κ1) is 30.7. The highest BCUT2D eigenvalue weighted by atomic mass is 16.7. The average molecular weight is 619 g/mol. The number of hydrogen-bond acceptors (Lipinski definition) is 11. The molecule has 3 aromatic carbocycles. The largest absolute Gasteiger partial charge is 0.507 e. The van der Waals surface area contributed by atoms with Crippen LogP contribution in [0.4, 0.5) is 10.5 Å². The molecule has 1 saturated heterocycles. The topological polar surface area (TPSA) is 198 Å². The maximum atomic E-state index is 13.6. The summed E-state index contributed by atoms with van der Waals surface area (Å²) in [5.74, 6) is -2.49. The second-order valence-electron chi connectivity index (χ2n) is 11.9. The van der Waals surface area contributed by atoms with Gasteiger partial charge >= 0.3 is 6.09 Å². The van der Waals surface area contributed by atoms with Gasteiger partial charge in [-0.1, -0.05) is 42.5 Å². The van der Waals surface area contributed by atoms with Gasteiger partial charge in [-0.15, -0.1) is 0 Å². The normalized spacial score (nSPS) is 28.0. The molecule has 1 amide bonds. The molecule has 3 aromatic rings. The molecule has 0 bridgehead atoms. The van der Waals surface area contributed by atoms with Gasteiger partial charge < -0.3 is 40.4 Å². The predicted molar refractivity (Wildman–Crippen MR) is 159 cm³/mol.